The minimum Gasteiger partial charge on any atom is -0.327 e. The van der Waals surface area contributed by atoms with E-state index in [1.54, 1.807) is 17.8 Å². The summed E-state index contributed by atoms with van der Waals surface area (Å²) in [6, 6.07) is 5.68. The van der Waals surface area contributed by atoms with Gasteiger partial charge in [-0.1, -0.05) is 23.2 Å². The van der Waals surface area contributed by atoms with Gasteiger partial charge in [-0.15, -0.1) is 11.8 Å². The molecule has 4 heteroatoms. The summed E-state index contributed by atoms with van der Waals surface area (Å²) < 4.78 is 0. The zero-order valence-corrected chi connectivity index (χ0v) is 9.59. The van der Waals surface area contributed by atoms with Crippen LogP contribution in [0.5, 0.6) is 0 Å². The first-order valence-electron chi connectivity index (χ1n) is 3.92. The van der Waals surface area contributed by atoms with Gasteiger partial charge < -0.3 is 5.73 Å². The molecule has 0 unspecified atom stereocenters. The Kier molecular flexibility index (Phi) is 4.39. The number of benzene rings is 1. The van der Waals surface area contributed by atoms with Crippen molar-refractivity contribution in [2.75, 3.05) is 5.75 Å². The Balaban J connectivity index is 2.66. The number of rotatable bonds is 3. The average Bonchev–Trinajstić information content (AvgIpc) is 1.99. The van der Waals surface area contributed by atoms with E-state index in [1.807, 2.05) is 19.1 Å². The summed E-state index contributed by atoms with van der Waals surface area (Å²) in [5.74, 6) is 0.872. The van der Waals surface area contributed by atoms with Crippen molar-refractivity contribution in [1.82, 2.24) is 0 Å². The maximum atomic E-state index is 5.84. The zero-order chi connectivity index (χ0) is 9.84. The van der Waals surface area contributed by atoms with Gasteiger partial charge in [-0.3, -0.25) is 0 Å². The molecule has 1 atom stereocenters. The molecule has 0 saturated carbocycles. The maximum Gasteiger partial charge on any atom is 0.0431 e. The van der Waals surface area contributed by atoms with Crippen molar-refractivity contribution in [1.29, 1.82) is 0 Å². The average molecular weight is 236 g/mol. The summed E-state index contributed by atoms with van der Waals surface area (Å²) in [6.07, 6.45) is 0. The summed E-state index contributed by atoms with van der Waals surface area (Å²) in [6.45, 7) is 1.97. The number of hydrogen-bond donors (Lipinski definition) is 1. The van der Waals surface area contributed by atoms with Gasteiger partial charge >= 0.3 is 0 Å². The third kappa shape index (κ3) is 4.23. The molecule has 0 spiro atoms. The SMILES string of the molecule is C[C@@H](N)CSc1cc(Cl)cc(Cl)c1. The molecule has 1 rings (SSSR count). The van der Waals surface area contributed by atoms with E-state index >= 15 is 0 Å². The topological polar surface area (TPSA) is 26.0 Å². The lowest BCUT2D eigenvalue weighted by atomic mass is 10.4. The maximum absolute atomic E-state index is 5.84. The van der Waals surface area contributed by atoms with Crippen molar-refractivity contribution in [2.45, 2.75) is 17.9 Å². The molecule has 0 aromatic heterocycles. The third-order valence-corrected chi connectivity index (χ3v) is 3.05. The molecule has 0 amide bonds. The molecule has 1 aromatic rings. The van der Waals surface area contributed by atoms with Crippen LogP contribution in [-0.2, 0) is 0 Å². The van der Waals surface area contributed by atoms with Crippen LogP contribution in [-0.4, -0.2) is 11.8 Å². The van der Waals surface area contributed by atoms with Gasteiger partial charge in [0, 0.05) is 26.7 Å². The Labute approximate surface area is 92.6 Å². The van der Waals surface area contributed by atoms with E-state index in [0.29, 0.717) is 10.0 Å². The van der Waals surface area contributed by atoms with Crippen molar-refractivity contribution in [3.8, 4) is 0 Å². The Morgan fingerprint density at radius 2 is 1.85 bits per heavy atom. The van der Waals surface area contributed by atoms with E-state index in [-0.39, 0.29) is 6.04 Å². The molecule has 0 aliphatic carbocycles. The molecule has 0 bridgehead atoms. The molecule has 0 aliphatic rings. The van der Waals surface area contributed by atoms with Crippen LogP contribution >= 0.6 is 35.0 Å². The molecular weight excluding hydrogens is 225 g/mol. The van der Waals surface area contributed by atoms with Crippen LogP contribution in [0.15, 0.2) is 23.1 Å². The first-order valence-corrected chi connectivity index (χ1v) is 5.66. The first kappa shape index (κ1) is 11.2. The highest BCUT2D eigenvalue weighted by molar-refractivity contribution is 7.99. The molecule has 1 nitrogen and oxygen atoms in total. The van der Waals surface area contributed by atoms with Gasteiger partial charge in [-0.05, 0) is 25.1 Å². The van der Waals surface area contributed by atoms with Crippen LogP contribution in [0.4, 0.5) is 0 Å². The Bertz CT molecular complexity index is 269. The van der Waals surface area contributed by atoms with E-state index in [9.17, 15) is 0 Å². The number of hydrogen-bond acceptors (Lipinski definition) is 2. The molecule has 13 heavy (non-hydrogen) atoms. The molecule has 0 saturated heterocycles. The van der Waals surface area contributed by atoms with Gasteiger partial charge in [-0.25, -0.2) is 0 Å². The molecule has 2 N–H and O–H groups in total. The summed E-state index contributed by atoms with van der Waals surface area (Å²) in [5.41, 5.74) is 5.63. The van der Waals surface area contributed by atoms with Crippen molar-refractivity contribution in [2.24, 2.45) is 5.73 Å². The summed E-state index contributed by atoms with van der Waals surface area (Å²) in [7, 11) is 0. The second kappa shape index (κ2) is 5.11. The number of thioether (sulfide) groups is 1. The first-order chi connectivity index (χ1) is 6.08. The van der Waals surface area contributed by atoms with Crippen molar-refractivity contribution < 1.29 is 0 Å². The number of halogens is 2. The summed E-state index contributed by atoms with van der Waals surface area (Å²) >= 11 is 13.3. The highest BCUT2D eigenvalue weighted by atomic mass is 35.5. The van der Waals surface area contributed by atoms with Crippen LogP contribution in [0, 0.1) is 0 Å². The normalized spacial score (nSPS) is 12.9. The minimum atomic E-state index is 0.183. The van der Waals surface area contributed by atoms with Gasteiger partial charge in [-0.2, -0.15) is 0 Å². The fourth-order valence-corrected chi connectivity index (χ4v) is 2.37. The molecule has 0 aliphatic heterocycles. The highest BCUT2D eigenvalue weighted by Crippen LogP contribution is 2.26. The predicted octanol–water partition coefficient (Wildman–Crippen LogP) is 3.43. The van der Waals surface area contributed by atoms with E-state index < -0.39 is 0 Å². The fourth-order valence-electron chi connectivity index (χ4n) is 0.840. The van der Waals surface area contributed by atoms with Crippen LogP contribution in [0.3, 0.4) is 0 Å². The molecule has 0 heterocycles. The smallest absolute Gasteiger partial charge is 0.0431 e. The van der Waals surface area contributed by atoms with Gasteiger partial charge in [0.15, 0.2) is 0 Å². The zero-order valence-electron chi connectivity index (χ0n) is 7.26. The van der Waals surface area contributed by atoms with Crippen molar-refractivity contribution >= 4 is 35.0 Å². The lowest BCUT2D eigenvalue weighted by molar-refractivity contribution is 0.847. The Hall–Kier alpha value is 0.110. The number of nitrogens with two attached hydrogens (primary N) is 1. The van der Waals surface area contributed by atoms with Crippen LogP contribution in [0.1, 0.15) is 6.92 Å². The highest BCUT2D eigenvalue weighted by Gasteiger charge is 2.00. The lowest BCUT2D eigenvalue weighted by Crippen LogP contribution is -2.17. The molecule has 72 valence electrons. The summed E-state index contributed by atoms with van der Waals surface area (Å²) in [5, 5.41) is 1.33. The monoisotopic (exact) mass is 235 g/mol. The van der Waals surface area contributed by atoms with E-state index in [0.717, 1.165) is 10.6 Å². The largest absolute Gasteiger partial charge is 0.327 e. The second-order valence-electron chi connectivity index (χ2n) is 2.89. The fraction of sp³-hybridized carbons (Fsp3) is 0.333. The third-order valence-electron chi connectivity index (χ3n) is 1.35. The minimum absolute atomic E-state index is 0.183. The Morgan fingerprint density at radius 1 is 1.31 bits per heavy atom. The second-order valence-corrected chi connectivity index (χ2v) is 4.86. The lowest BCUT2D eigenvalue weighted by Gasteiger charge is -2.05. The quantitative estimate of drug-likeness (QED) is 0.813. The molecule has 0 fully saturated rings. The predicted molar refractivity (Wildman–Crippen MR) is 60.8 cm³/mol. The van der Waals surface area contributed by atoms with Crippen molar-refractivity contribution in [3.05, 3.63) is 28.2 Å². The van der Waals surface area contributed by atoms with Gasteiger partial charge in [0.05, 0.1) is 0 Å². The van der Waals surface area contributed by atoms with Gasteiger partial charge in [0.25, 0.3) is 0 Å². The van der Waals surface area contributed by atoms with E-state index in [1.165, 1.54) is 0 Å². The van der Waals surface area contributed by atoms with Gasteiger partial charge in [0.2, 0.25) is 0 Å². The molecule has 1 aromatic carbocycles. The molecule has 0 radical (unpaired) electrons. The Morgan fingerprint density at radius 3 is 2.31 bits per heavy atom. The standard InChI is InChI=1S/C9H11Cl2NS/c1-6(12)5-13-9-3-7(10)2-8(11)4-9/h2-4,6H,5,12H2,1H3/t6-/m1/s1. The van der Waals surface area contributed by atoms with Crippen LogP contribution in [0.25, 0.3) is 0 Å². The summed E-state index contributed by atoms with van der Waals surface area (Å²) in [4.78, 5) is 1.06. The van der Waals surface area contributed by atoms with Crippen LogP contribution < -0.4 is 5.73 Å². The molecular formula is C9H11Cl2NS. The van der Waals surface area contributed by atoms with E-state index in [2.05, 4.69) is 0 Å². The van der Waals surface area contributed by atoms with E-state index in [4.69, 9.17) is 28.9 Å². The van der Waals surface area contributed by atoms with Crippen molar-refractivity contribution in [3.63, 3.8) is 0 Å². The van der Waals surface area contributed by atoms with Crippen LogP contribution in [0.2, 0.25) is 10.0 Å². The van der Waals surface area contributed by atoms with Gasteiger partial charge in [0.1, 0.15) is 0 Å².